The van der Waals surface area contributed by atoms with Crippen LogP contribution in [0.25, 0.3) is 5.69 Å². The van der Waals surface area contributed by atoms with Crippen LogP contribution in [-0.4, -0.2) is 35.1 Å². The number of hydrogen-bond donors (Lipinski definition) is 2. The largest absolute Gasteiger partial charge is 0.497 e. The maximum Gasteiger partial charge on any atom is 0.335 e. The van der Waals surface area contributed by atoms with Crippen LogP contribution in [0.15, 0.2) is 57.0 Å². The van der Waals surface area contributed by atoms with Crippen LogP contribution in [0.2, 0.25) is 0 Å². The summed E-state index contributed by atoms with van der Waals surface area (Å²) in [5, 5.41) is 10.7. The number of hydrogen-bond acceptors (Lipinski definition) is 6. The van der Waals surface area contributed by atoms with Crippen molar-refractivity contribution in [3.8, 4) is 23.1 Å². The molecule has 144 valence electrons. The maximum atomic E-state index is 12.4. The van der Waals surface area contributed by atoms with E-state index in [4.69, 9.17) is 9.47 Å². The molecule has 28 heavy (non-hydrogen) atoms. The third kappa shape index (κ3) is 3.52. The molecule has 0 bridgehead atoms. The van der Waals surface area contributed by atoms with Gasteiger partial charge in [-0.3, -0.25) is 14.8 Å². The highest BCUT2D eigenvalue weighted by Gasteiger charge is 2.18. The SMILES string of the molecule is COc1ccc(OC)c(-n2c(O)c(C=Nc3ccccc3C)c(=O)[nH]c2=O)c1. The number of rotatable bonds is 5. The van der Waals surface area contributed by atoms with Gasteiger partial charge in [0.15, 0.2) is 0 Å². The molecule has 0 amide bonds. The first-order chi connectivity index (χ1) is 13.5. The highest BCUT2D eigenvalue weighted by atomic mass is 16.5. The lowest BCUT2D eigenvalue weighted by molar-refractivity contribution is 0.393. The molecule has 2 aromatic carbocycles. The fourth-order valence-corrected chi connectivity index (χ4v) is 2.69. The van der Waals surface area contributed by atoms with E-state index >= 15 is 0 Å². The maximum absolute atomic E-state index is 12.4. The molecule has 0 aliphatic heterocycles. The summed E-state index contributed by atoms with van der Waals surface area (Å²) in [5.74, 6) is 0.202. The van der Waals surface area contributed by atoms with Crippen LogP contribution in [0.1, 0.15) is 11.1 Å². The van der Waals surface area contributed by atoms with Gasteiger partial charge >= 0.3 is 5.69 Å². The highest BCUT2D eigenvalue weighted by Crippen LogP contribution is 2.29. The van der Waals surface area contributed by atoms with Crippen molar-refractivity contribution >= 4 is 11.9 Å². The molecular weight excluding hydrogens is 362 g/mol. The minimum atomic E-state index is -0.818. The molecule has 3 aromatic rings. The number of methoxy groups -OCH3 is 2. The molecule has 0 fully saturated rings. The van der Waals surface area contributed by atoms with Crippen molar-refractivity contribution in [2.24, 2.45) is 4.99 Å². The summed E-state index contributed by atoms with van der Waals surface area (Å²) >= 11 is 0. The number of nitrogens with zero attached hydrogens (tertiary/aromatic N) is 2. The van der Waals surface area contributed by atoms with Gasteiger partial charge in [-0.25, -0.2) is 9.36 Å². The smallest absolute Gasteiger partial charge is 0.335 e. The molecule has 0 radical (unpaired) electrons. The zero-order chi connectivity index (χ0) is 20.3. The van der Waals surface area contributed by atoms with Crippen molar-refractivity contribution in [2.75, 3.05) is 14.2 Å². The van der Waals surface area contributed by atoms with Gasteiger partial charge < -0.3 is 14.6 Å². The first-order valence-electron chi connectivity index (χ1n) is 8.36. The molecule has 8 nitrogen and oxygen atoms in total. The summed E-state index contributed by atoms with van der Waals surface area (Å²) in [7, 11) is 2.90. The molecule has 2 N–H and O–H groups in total. The van der Waals surface area contributed by atoms with E-state index in [1.165, 1.54) is 26.5 Å². The van der Waals surface area contributed by atoms with E-state index in [0.29, 0.717) is 17.2 Å². The van der Waals surface area contributed by atoms with Gasteiger partial charge in [0, 0.05) is 12.3 Å². The molecule has 3 rings (SSSR count). The van der Waals surface area contributed by atoms with E-state index in [0.717, 1.165) is 10.1 Å². The standard InChI is InChI=1S/C20H19N3O5/c1-12-6-4-5-7-15(12)21-11-14-18(24)22-20(26)23(19(14)25)16-10-13(27-2)8-9-17(16)28-3/h4-11,25H,1-3H3,(H,22,24,26). The van der Waals surface area contributed by atoms with E-state index in [1.807, 2.05) is 25.1 Å². The molecule has 0 saturated carbocycles. The molecule has 0 saturated heterocycles. The molecular formula is C20H19N3O5. The van der Waals surface area contributed by atoms with Crippen LogP contribution in [0, 0.1) is 6.92 Å². The number of aromatic hydroxyl groups is 1. The number of para-hydroxylation sites is 1. The first kappa shape index (κ1) is 19.0. The summed E-state index contributed by atoms with van der Waals surface area (Å²) < 4.78 is 11.4. The lowest BCUT2D eigenvalue weighted by Gasteiger charge is -2.14. The van der Waals surface area contributed by atoms with Crippen LogP contribution in [-0.2, 0) is 0 Å². The Labute approximate surface area is 160 Å². The number of H-pyrrole nitrogens is 1. The summed E-state index contributed by atoms with van der Waals surface area (Å²) in [6, 6.07) is 12.1. The quantitative estimate of drug-likeness (QED) is 0.660. The zero-order valence-corrected chi connectivity index (χ0v) is 15.6. The molecule has 1 heterocycles. The lowest BCUT2D eigenvalue weighted by Crippen LogP contribution is -2.31. The van der Waals surface area contributed by atoms with E-state index in [9.17, 15) is 14.7 Å². The number of aromatic nitrogens is 2. The number of aryl methyl sites for hydroxylation is 1. The Balaban J connectivity index is 2.21. The van der Waals surface area contributed by atoms with Crippen molar-refractivity contribution in [1.29, 1.82) is 0 Å². The average molecular weight is 381 g/mol. The fraction of sp³-hybridized carbons (Fsp3) is 0.150. The van der Waals surface area contributed by atoms with Gasteiger partial charge in [0.2, 0.25) is 5.88 Å². The minimum absolute atomic E-state index is 0.160. The van der Waals surface area contributed by atoms with E-state index in [1.54, 1.807) is 18.2 Å². The minimum Gasteiger partial charge on any atom is -0.497 e. The van der Waals surface area contributed by atoms with Crippen LogP contribution in [0.4, 0.5) is 5.69 Å². The van der Waals surface area contributed by atoms with Crippen LogP contribution >= 0.6 is 0 Å². The van der Waals surface area contributed by atoms with Crippen LogP contribution in [0.3, 0.4) is 0 Å². The van der Waals surface area contributed by atoms with E-state index in [2.05, 4.69) is 9.98 Å². The Bertz CT molecular complexity index is 1160. The van der Waals surface area contributed by atoms with Crippen molar-refractivity contribution in [3.63, 3.8) is 0 Å². The highest BCUT2D eigenvalue weighted by molar-refractivity contribution is 5.84. The normalized spacial score (nSPS) is 11.0. The number of ether oxygens (including phenoxy) is 2. The number of nitrogens with one attached hydrogen (secondary N) is 1. The van der Waals surface area contributed by atoms with Crippen LogP contribution < -0.4 is 20.7 Å². The van der Waals surface area contributed by atoms with Gasteiger partial charge in [0.05, 0.1) is 25.6 Å². The van der Waals surface area contributed by atoms with E-state index < -0.39 is 17.1 Å². The van der Waals surface area contributed by atoms with Gasteiger partial charge in [-0.15, -0.1) is 0 Å². The van der Waals surface area contributed by atoms with Crippen molar-refractivity contribution in [3.05, 3.63) is 74.4 Å². The van der Waals surface area contributed by atoms with Crippen LogP contribution in [0.5, 0.6) is 17.4 Å². The molecule has 8 heteroatoms. The van der Waals surface area contributed by atoms with Crippen molar-refractivity contribution < 1.29 is 14.6 Å². The molecule has 1 aromatic heterocycles. The van der Waals surface area contributed by atoms with Gasteiger partial charge in [-0.05, 0) is 30.7 Å². The number of benzene rings is 2. The average Bonchev–Trinajstić information content (AvgIpc) is 2.68. The van der Waals surface area contributed by atoms with E-state index in [-0.39, 0.29) is 11.3 Å². The van der Waals surface area contributed by atoms with Gasteiger partial charge in [-0.1, -0.05) is 18.2 Å². The molecule has 0 atom stereocenters. The Morgan fingerprint density at radius 1 is 1.11 bits per heavy atom. The summed E-state index contributed by atoms with van der Waals surface area (Å²) in [5.41, 5.74) is 0.0226. The van der Waals surface area contributed by atoms with Gasteiger partial charge in [0.1, 0.15) is 17.1 Å². The molecule has 0 spiro atoms. The summed E-state index contributed by atoms with van der Waals surface area (Å²) in [4.78, 5) is 31.1. The Morgan fingerprint density at radius 2 is 1.86 bits per heavy atom. The third-order valence-electron chi connectivity index (χ3n) is 4.20. The Hall–Kier alpha value is -3.81. The molecule has 0 unspecified atom stereocenters. The third-order valence-corrected chi connectivity index (χ3v) is 4.20. The second-order valence-electron chi connectivity index (χ2n) is 5.91. The predicted molar refractivity (Wildman–Crippen MR) is 106 cm³/mol. The fourth-order valence-electron chi connectivity index (χ4n) is 2.69. The zero-order valence-electron chi connectivity index (χ0n) is 15.6. The molecule has 0 aliphatic carbocycles. The Morgan fingerprint density at radius 3 is 2.54 bits per heavy atom. The summed E-state index contributed by atoms with van der Waals surface area (Å²) in [6.45, 7) is 1.87. The summed E-state index contributed by atoms with van der Waals surface area (Å²) in [6.07, 6.45) is 1.22. The molecule has 0 aliphatic rings. The second kappa shape index (κ2) is 7.83. The Kier molecular flexibility index (Phi) is 5.30. The monoisotopic (exact) mass is 381 g/mol. The first-order valence-corrected chi connectivity index (χ1v) is 8.36. The van der Waals surface area contributed by atoms with Crippen molar-refractivity contribution in [1.82, 2.24) is 9.55 Å². The predicted octanol–water partition coefficient (Wildman–Crippen LogP) is 2.31. The van der Waals surface area contributed by atoms with Crippen molar-refractivity contribution in [2.45, 2.75) is 6.92 Å². The number of aromatic amines is 1. The number of aliphatic imine (C=N–C) groups is 1. The topological polar surface area (TPSA) is 106 Å². The lowest BCUT2D eigenvalue weighted by atomic mass is 10.2. The van der Waals surface area contributed by atoms with Gasteiger partial charge in [-0.2, -0.15) is 0 Å². The second-order valence-corrected chi connectivity index (χ2v) is 5.91. The van der Waals surface area contributed by atoms with Gasteiger partial charge in [0.25, 0.3) is 5.56 Å².